The molecule has 1 unspecified atom stereocenters. The summed E-state index contributed by atoms with van der Waals surface area (Å²) in [5.74, 6) is 0. The lowest BCUT2D eigenvalue weighted by molar-refractivity contribution is 0.499. The summed E-state index contributed by atoms with van der Waals surface area (Å²) in [4.78, 5) is 4.46. The maximum Gasteiger partial charge on any atom is 0.0954 e. The average Bonchev–Trinajstić information content (AvgIpc) is 3.01. The maximum atomic E-state index is 4.46. The highest BCUT2D eigenvalue weighted by Crippen LogP contribution is 2.19. The first-order valence-corrected chi connectivity index (χ1v) is 6.85. The van der Waals surface area contributed by atoms with Crippen LogP contribution in [-0.2, 0) is 13.6 Å². The molecule has 0 aliphatic rings. The van der Waals surface area contributed by atoms with Crippen molar-refractivity contribution in [3.8, 4) is 0 Å². The third-order valence-corrected chi connectivity index (χ3v) is 3.00. The number of imidazole rings is 1. The molecule has 104 valence electrons. The van der Waals surface area contributed by atoms with Crippen LogP contribution in [0.25, 0.3) is 0 Å². The van der Waals surface area contributed by atoms with Gasteiger partial charge in [-0.15, -0.1) is 5.10 Å². The van der Waals surface area contributed by atoms with E-state index in [9.17, 15) is 0 Å². The number of aryl methyl sites for hydroxylation is 2. The average molecular weight is 262 g/mol. The van der Waals surface area contributed by atoms with Gasteiger partial charge in [0.05, 0.1) is 30.0 Å². The lowest BCUT2D eigenvalue weighted by Crippen LogP contribution is -2.26. The van der Waals surface area contributed by atoms with E-state index >= 15 is 0 Å². The normalized spacial score (nSPS) is 12.8. The lowest BCUT2D eigenvalue weighted by Gasteiger charge is -2.17. The Kier molecular flexibility index (Phi) is 4.68. The Morgan fingerprint density at radius 3 is 2.79 bits per heavy atom. The van der Waals surface area contributed by atoms with Crippen molar-refractivity contribution in [2.75, 3.05) is 6.54 Å². The molecule has 0 radical (unpaired) electrons. The van der Waals surface area contributed by atoms with E-state index in [0.717, 1.165) is 37.3 Å². The molecule has 2 rings (SSSR count). The minimum atomic E-state index is 0.0581. The smallest absolute Gasteiger partial charge is 0.0954 e. The summed E-state index contributed by atoms with van der Waals surface area (Å²) in [7, 11) is 1.98. The number of hydrogen-bond acceptors (Lipinski definition) is 4. The first-order valence-electron chi connectivity index (χ1n) is 6.85. The van der Waals surface area contributed by atoms with Crippen LogP contribution in [0.3, 0.4) is 0 Å². The third kappa shape index (κ3) is 3.20. The number of hydrogen-bond donors (Lipinski definition) is 1. The van der Waals surface area contributed by atoms with Gasteiger partial charge in [-0.25, -0.2) is 9.67 Å². The van der Waals surface area contributed by atoms with E-state index in [2.05, 4.69) is 34.5 Å². The van der Waals surface area contributed by atoms with Crippen LogP contribution in [0, 0.1) is 0 Å². The Morgan fingerprint density at radius 2 is 2.16 bits per heavy atom. The Labute approximate surface area is 113 Å². The second kappa shape index (κ2) is 6.47. The predicted octanol–water partition coefficient (Wildman–Crippen LogP) is 1.51. The van der Waals surface area contributed by atoms with Gasteiger partial charge in [0.2, 0.25) is 0 Å². The topological polar surface area (TPSA) is 60.6 Å². The summed E-state index contributed by atoms with van der Waals surface area (Å²) in [6.07, 6.45) is 7.82. The lowest BCUT2D eigenvalue weighted by atomic mass is 10.1. The van der Waals surface area contributed by atoms with Crippen molar-refractivity contribution in [2.24, 2.45) is 7.05 Å². The molecule has 6 heteroatoms. The van der Waals surface area contributed by atoms with Gasteiger partial charge in [0.25, 0.3) is 0 Å². The first-order chi connectivity index (χ1) is 9.26. The molecule has 0 saturated heterocycles. The van der Waals surface area contributed by atoms with E-state index < -0.39 is 0 Å². The number of nitrogens with zero attached hydrogens (tertiary/aromatic N) is 5. The minimum Gasteiger partial charge on any atom is -0.340 e. The van der Waals surface area contributed by atoms with Gasteiger partial charge in [0.15, 0.2) is 0 Å². The van der Waals surface area contributed by atoms with Gasteiger partial charge in [-0.3, -0.25) is 0 Å². The fraction of sp³-hybridized carbons (Fsp3) is 0.615. The Balaban J connectivity index is 2.28. The summed E-state index contributed by atoms with van der Waals surface area (Å²) in [5.41, 5.74) is 2.09. The molecule has 2 heterocycles. The minimum absolute atomic E-state index is 0.0581. The van der Waals surface area contributed by atoms with Crippen molar-refractivity contribution in [2.45, 2.75) is 39.3 Å². The SMILES string of the molecule is CCCNC(c1cn(C)cn1)c1cnnn1CCC. The maximum absolute atomic E-state index is 4.46. The Hall–Kier alpha value is -1.69. The monoisotopic (exact) mass is 262 g/mol. The van der Waals surface area contributed by atoms with Crippen LogP contribution in [0.1, 0.15) is 44.1 Å². The molecule has 0 fully saturated rings. The van der Waals surface area contributed by atoms with Gasteiger partial charge < -0.3 is 9.88 Å². The molecule has 0 amide bonds. The fourth-order valence-electron chi connectivity index (χ4n) is 2.11. The van der Waals surface area contributed by atoms with Crippen LogP contribution < -0.4 is 5.32 Å². The van der Waals surface area contributed by atoms with E-state index in [1.165, 1.54) is 0 Å². The summed E-state index contributed by atoms with van der Waals surface area (Å²) in [5, 5.41) is 11.7. The second-order valence-electron chi connectivity index (χ2n) is 4.73. The zero-order valence-corrected chi connectivity index (χ0v) is 11.9. The quantitative estimate of drug-likeness (QED) is 0.821. The third-order valence-electron chi connectivity index (χ3n) is 3.00. The molecule has 19 heavy (non-hydrogen) atoms. The molecule has 0 aromatic carbocycles. The van der Waals surface area contributed by atoms with Crippen molar-refractivity contribution in [1.29, 1.82) is 0 Å². The van der Waals surface area contributed by atoms with Crippen molar-refractivity contribution in [1.82, 2.24) is 29.9 Å². The number of rotatable bonds is 7. The zero-order chi connectivity index (χ0) is 13.7. The molecule has 0 spiro atoms. The van der Waals surface area contributed by atoms with E-state index in [4.69, 9.17) is 0 Å². The Morgan fingerprint density at radius 1 is 1.32 bits per heavy atom. The van der Waals surface area contributed by atoms with Gasteiger partial charge in [-0.2, -0.15) is 0 Å². The van der Waals surface area contributed by atoms with Crippen molar-refractivity contribution < 1.29 is 0 Å². The largest absolute Gasteiger partial charge is 0.340 e. The van der Waals surface area contributed by atoms with Crippen LogP contribution in [0.15, 0.2) is 18.7 Å². The van der Waals surface area contributed by atoms with Gasteiger partial charge in [0.1, 0.15) is 0 Å². The standard InChI is InChI=1S/C13H22N6/c1-4-6-14-13(11-9-18(3)10-15-11)12-8-16-17-19(12)7-5-2/h8-10,13-14H,4-7H2,1-3H3. The van der Waals surface area contributed by atoms with Crippen LogP contribution >= 0.6 is 0 Å². The molecule has 6 nitrogen and oxygen atoms in total. The fourth-order valence-corrected chi connectivity index (χ4v) is 2.11. The van der Waals surface area contributed by atoms with Gasteiger partial charge in [-0.05, 0) is 19.4 Å². The van der Waals surface area contributed by atoms with Crippen LogP contribution in [0.2, 0.25) is 0 Å². The summed E-state index contributed by atoms with van der Waals surface area (Å²) < 4.78 is 3.92. The van der Waals surface area contributed by atoms with E-state index in [0.29, 0.717) is 0 Å². The van der Waals surface area contributed by atoms with E-state index in [1.807, 2.05) is 35.0 Å². The highest BCUT2D eigenvalue weighted by molar-refractivity contribution is 5.18. The second-order valence-corrected chi connectivity index (χ2v) is 4.73. The van der Waals surface area contributed by atoms with Gasteiger partial charge >= 0.3 is 0 Å². The molecule has 1 N–H and O–H groups in total. The molecule has 0 saturated carbocycles. The number of aromatic nitrogens is 5. The highest BCUT2D eigenvalue weighted by atomic mass is 15.4. The first kappa shape index (κ1) is 13.7. The van der Waals surface area contributed by atoms with Crippen molar-refractivity contribution in [3.63, 3.8) is 0 Å². The molecule has 2 aromatic heterocycles. The summed E-state index contributed by atoms with van der Waals surface area (Å²) in [6, 6.07) is 0.0581. The molecule has 0 aliphatic heterocycles. The zero-order valence-electron chi connectivity index (χ0n) is 11.9. The summed E-state index contributed by atoms with van der Waals surface area (Å²) in [6.45, 7) is 6.12. The van der Waals surface area contributed by atoms with Crippen LogP contribution in [0.5, 0.6) is 0 Å². The molecule has 2 aromatic rings. The van der Waals surface area contributed by atoms with Crippen LogP contribution in [-0.4, -0.2) is 31.1 Å². The molecular weight excluding hydrogens is 240 g/mol. The molecular formula is C13H22N6. The highest BCUT2D eigenvalue weighted by Gasteiger charge is 2.20. The van der Waals surface area contributed by atoms with Gasteiger partial charge in [0, 0.05) is 19.8 Å². The van der Waals surface area contributed by atoms with Crippen molar-refractivity contribution in [3.05, 3.63) is 30.1 Å². The van der Waals surface area contributed by atoms with E-state index in [-0.39, 0.29) is 6.04 Å². The van der Waals surface area contributed by atoms with Crippen LogP contribution in [0.4, 0.5) is 0 Å². The predicted molar refractivity (Wildman–Crippen MR) is 73.7 cm³/mol. The molecule has 0 aliphatic carbocycles. The van der Waals surface area contributed by atoms with E-state index in [1.54, 1.807) is 0 Å². The Bertz CT molecular complexity index is 501. The van der Waals surface area contributed by atoms with Crippen molar-refractivity contribution >= 4 is 0 Å². The molecule has 1 atom stereocenters. The van der Waals surface area contributed by atoms with Gasteiger partial charge in [-0.1, -0.05) is 19.1 Å². The number of nitrogens with one attached hydrogen (secondary N) is 1. The summed E-state index contributed by atoms with van der Waals surface area (Å²) >= 11 is 0. The molecule has 0 bridgehead atoms.